The molecule has 0 unspecified atom stereocenters. The number of anilines is 1. The Morgan fingerprint density at radius 3 is 2.90 bits per heavy atom. The Morgan fingerprint density at radius 2 is 2.10 bits per heavy atom. The van der Waals surface area contributed by atoms with Crippen LogP contribution < -0.4 is 5.32 Å². The van der Waals surface area contributed by atoms with Crippen molar-refractivity contribution in [3.63, 3.8) is 0 Å². The number of hydrogen-bond donors (Lipinski definition) is 1. The standard InChI is InChI=1S/C17H16ClNO/c1-11-2-3-13(15(18)8-11)10-17(20)14-5-4-12-6-7-19-16(12)9-14/h2-5,8-9,19H,6-7,10H2,1H3. The molecule has 1 heterocycles. The zero-order valence-electron chi connectivity index (χ0n) is 11.4. The van der Waals surface area contributed by atoms with Gasteiger partial charge in [-0.25, -0.2) is 0 Å². The molecule has 3 heteroatoms. The van der Waals surface area contributed by atoms with E-state index in [-0.39, 0.29) is 5.78 Å². The number of rotatable bonds is 3. The van der Waals surface area contributed by atoms with Crippen molar-refractivity contribution in [1.29, 1.82) is 0 Å². The highest BCUT2D eigenvalue weighted by Gasteiger charge is 2.14. The number of halogens is 1. The highest BCUT2D eigenvalue weighted by molar-refractivity contribution is 6.31. The fraction of sp³-hybridized carbons (Fsp3) is 0.235. The van der Waals surface area contributed by atoms with Crippen molar-refractivity contribution in [2.75, 3.05) is 11.9 Å². The summed E-state index contributed by atoms with van der Waals surface area (Å²) in [5.74, 6) is 0.104. The van der Waals surface area contributed by atoms with Gasteiger partial charge in [0.2, 0.25) is 0 Å². The molecular formula is C17H16ClNO. The quantitative estimate of drug-likeness (QED) is 0.862. The van der Waals surface area contributed by atoms with E-state index in [9.17, 15) is 4.79 Å². The van der Waals surface area contributed by atoms with Crippen molar-refractivity contribution >= 4 is 23.1 Å². The first-order valence-electron chi connectivity index (χ1n) is 6.78. The van der Waals surface area contributed by atoms with Gasteiger partial charge in [0.15, 0.2) is 5.78 Å². The second-order valence-corrected chi connectivity index (χ2v) is 5.65. The summed E-state index contributed by atoms with van der Waals surface area (Å²) in [6.45, 7) is 2.94. The summed E-state index contributed by atoms with van der Waals surface area (Å²) < 4.78 is 0. The van der Waals surface area contributed by atoms with Gasteiger partial charge in [-0.2, -0.15) is 0 Å². The summed E-state index contributed by atoms with van der Waals surface area (Å²) in [6.07, 6.45) is 1.38. The lowest BCUT2D eigenvalue weighted by Crippen LogP contribution is -2.04. The van der Waals surface area contributed by atoms with Crippen LogP contribution in [0.25, 0.3) is 0 Å². The first kappa shape index (κ1) is 13.2. The molecule has 0 aromatic heterocycles. The van der Waals surface area contributed by atoms with Crippen molar-refractivity contribution in [3.05, 3.63) is 63.7 Å². The second-order valence-electron chi connectivity index (χ2n) is 5.24. The molecule has 1 N–H and O–H groups in total. The fourth-order valence-corrected chi connectivity index (χ4v) is 2.84. The van der Waals surface area contributed by atoms with Crippen LogP contribution in [-0.2, 0) is 12.8 Å². The summed E-state index contributed by atoms with van der Waals surface area (Å²) >= 11 is 6.19. The maximum absolute atomic E-state index is 12.4. The lowest BCUT2D eigenvalue weighted by Gasteiger charge is -2.07. The molecule has 0 fully saturated rings. The molecular weight excluding hydrogens is 270 g/mol. The van der Waals surface area contributed by atoms with E-state index in [1.165, 1.54) is 5.56 Å². The van der Waals surface area contributed by atoms with Crippen molar-refractivity contribution in [3.8, 4) is 0 Å². The van der Waals surface area contributed by atoms with Gasteiger partial charge in [0, 0.05) is 29.2 Å². The monoisotopic (exact) mass is 285 g/mol. The predicted octanol–water partition coefficient (Wildman–Crippen LogP) is 4.04. The molecule has 0 aliphatic carbocycles. The minimum absolute atomic E-state index is 0.104. The van der Waals surface area contributed by atoms with Crippen LogP contribution in [0.15, 0.2) is 36.4 Å². The summed E-state index contributed by atoms with van der Waals surface area (Å²) in [5, 5.41) is 3.96. The third-order valence-electron chi connectivity index (χ3n) is 3.70. The fourth-order valence-electron chi connectivity index (χ4n) is 2.54. The summed E-state index contributed by atoms with van der Waals surface area (Å²) in [5.41, 5.74) is 5.11. The van der Waals surface area contributed by atoms with Crippen molar-refractivity contribution in [2.45, 2.75) is 19.8 Å². The number of hydrogen-bond acceptors (Lipinski definition) is 2. The first-order chi connectivity index (χ1) is 9.63. The third kappa shape index (κ3) is 2.56. The molecule has 2 aromatic rings. The molecule has 0 atom stereocenters. The number of nitrogens with one attached hydrogen (secondary N) is 1. The summed E-state index contributed by atoms with van der Waals surface area (Å²) in [6, 6.07) is 11.7. The Hall–Kier alpha value is -1.80. The molecule has 3 rings (SSSR count). The summed E-state index contributed by atoms with van der Waals surface area (Å²) in [4.78, 5) is 12.4. The van der Waals surface area contributed by atoms with E-state index in [0.717, 1.165) is 35.3 Å². The normalized spacial score (nSPS) is 12.9. The minimum Gasteiger partial charge on any atom is -0.384 e. The minimum atomic E-state index is 0.104. The van der Waals surface area contributed by atoms with Crippen molar-refractivity contribution in [2.24, 2.45) is 0 Å². The molecule has 20 heavy (non-hydrogen) atoms. The molecule has 0 spiro atoms. The van der Waals surface area contributed by atoms with E-state index in [1.54, 1.807) is 0 Å². The van der Waals surface area contributed by atoms with Gasteiger partial charge in [0.25, 0.3) is 0 Å². The van der Waals surface area contributed by atoms with Gasteiger partial charge in [-0.3, -0.25) is 4.79 Å². The van der Waals surface area contributed by atoms with Crippen molar-refractivity contribution < 1.29 is 4.79 Å². The smallest absolute Gasteiger partial charge is 0.167 e. The van der Waals surface area contributed by atoms with E-state index < -0.39 is 0 Å². The van der Waals surface area contributed by atoms with Crippen LogP contribution in [0.3, 0.4) is 0 Å². The SMILES string of the molecule is Cc1ccc(CC(=O)c2ccc3c(c2)NCC3)c(Cl)c1. The van der Waals surface area contributed by atoms with Crippen LogP contribution in [0.2, 0.25) is 5.02 Å². The molecule has 0 radical (unpaired) electrons. The second kappa shape index (κ2) is 5.29. The van der Waals surface area contributed by atoms with Crippen LogP contribution in [0, 0.1) is 6.92 Å². The first-order valence-corrected chi connectivity index (χ1v) is 7.16. The molecule has 1 aliphatic heterocycles. The Labute approximate surface area is 123 Å². The highest BCUT2D eigenvalue weighted by atomic mass is 35.5. The average Bonchev–Trinajstić information content (AvgIpc) is 2.89. The molecule has 2 aromatic carbocycles. The zero-order valence-corrected chi connectivity index (χ0v) is 12.1. The van der Waals surface area contributed by atoms with E-state index in [4.69, 9.17) is 11.6 Å². The molecule has 2 nitrogen and oxygen atoms in total. The van der Waals surface area contributed by atoms with E-state index in [2.05, 4.69) is 5.32 Å². The Bertz CT molecular complexity index is 679. The van der Waals surface area contributed by atoms with Crippen LogP contribution in [0.5, 0.6) is 0 Å². The molecule has 1 aliphatic rings. The lowest BCUT2D eigenvalue weighted by molar-refractivity contribution is 0.0993. The number of ketones is 1. The topological polar surface area (TPSA) is 29.1 Å². The Morgan fingerprint density at radius 1 is 1.25 bits per heavy atom. The summed E-state index contributed by atoms with van der Waals surface area (Å²) in [7, 11) is 0. The van der Waals surface area contributed by atoms with Gasteiger partial charge in [0.05, 0.1) is 0 Å². The largest absolute Gasteiger partial charge is 0.384 e. The van der Waals surface area contributed by atoms with E-state index >= 15 is 0 Å². The van der Waals surface area contributed by atoms with Gasteiger partial charge in [-0.05, 0) is 42.2 Å². The highest BCUT2D eigenvalue weighted by Crippen LogP contribution is 2.25. The molecule has 0 bridgehead atoms. The lowest BCUT2D eigenvalue weighted by atomic mass is 10.00. The number of carbonyl (C=O) groups is 1. The number of carbonyl (C=O) groups excluding carboxylic acids is 1. The predicted molar refractivity (Wildman–Crippen MR) is 82.9 cm³/mol. The number of aryl methyl sites for hydroxylation is 1. The Balaban J connectivity index is 1.82. The molecule has 0 saturated carbocycles. The van der Waals surface area contributed by atoms with Gasteiger partial charge < -0.3 is 5.32 Å². The Kier molecular flexibility index (Phi) is 3.49. The van der Waals surface area contributed by atoms with Gasteiger partial charge in [-0.1, -0.05) is 35.9 Å². The van der Waals surface area contributed by atoms with Gasteiger partial charge in [-0.15, -0.1) is 0 Å². The van der Waals surface area contributed by atoms with E-state index in [1.807, 2.05) is 43.3 Å². The van der Waals surface area contributed by atoms with Crippen LogP contribution in [0.1, 0.15) is 27.0 Å². The number of Topliss-reactive ketones (excluding diaryl/α,β-unsaturated/α-hetero) is 1. The van der Waals surface area contributed by atoms with Crippen LogP contribution in [0.4, 0.5) is 5.69 Å². The maximum Gasteiger partial charge on any atom is 0.167 e. The third-order valence-corrected chi connectivity index (χ3v) is 4.05. The van der Waals surface area contributed by atoms with E-state index in [0.29, 0.717) is 11.4 Å². The van der Waals surface area contributed by atoms with Crippen LogP contribution >= 0.6 is 11.6 Å². The molecule has 0 saturated heterocycles. The van der Waals surface area contributed by atoms with Gasteiger partial charge in [0.1, 0.15) is 0 Å². The maximum atomic E-state index is 12.4. The number of fused-ring (bicyclic) bond motifs is 1. The van der Waals surface area contributed by atoms with Gasteiger partial charge >= 0.3 is 0 Å². The van der Waals surface area contributed by atoms with Crippen molar-refractivity contribution in [1.82, 2.24) is 0 Å². The molecule has 0 amide bonds. The molecule has 102 valence electrons. The van der Waals surface area contributed by atoms with Crippen LogP contribution in [-0.4, -0.2) is 12.3 Å². The zero-order chi connectivity index (χ0) is 14.1. The number of benzene rings is 2. The average molecular weight is 286 g/mol.